The van der Waals surface area contributed by atoms with Crippen LogP contribution in [0.2, 0.25) is 0 Å². The van der Waals surface area contributed by atoms with Crippen LogP contribution in [0.3, 0.4) is 0 Å². The molecule has 1 aromatic heterocycles. The number of likely N-dealkylation sites (N-methyl/N-ethyl adjacent to an activating group) is 1. The van der Waals surface area contributed by atoms with Crippen LogP contribution in [0.4, 0.5) is 0 Å². The van der Waals surface area contributed by atoms with Crippen LogP contribution in [0.25, 0.3) is 11.5 Å². The van der Waals surface area contributed by atoms with Crippen molar-refractivity contribution < 1.29 is 4.42 Å². The minimum Gasteiger partial charge on any atom is -0.444 e. The van der Waals surface area contributed by atoms with Crippen molar-refractivity contribution in [3.8, 4) is 11.5 Å². The van der Waals surface area contributed by atoms with E-state index in [2.05, 4.69) is 63.3 Å². The molecule has 1 aliphatic heterocycles. The summed E-state index contributed by atoms with van der Waals surface area (Å²) in [6, 6.07) is 8.19. The van der Waals surface area contributed by atoms with Gasteiger partial charge in [0, 0.05) is 44.8 Å². The summed E-state index contributed by atoms with van der Waals surface area (Å²) in [5.74, 6) is 1.47. The lowest BCUT2D eigenvalue weighted by Crippen LogP contribution is -2.46. The lowest BCUT2D eigenvalue weighted by Gasteiger charge is -2.34. The molecule has 2 N–H and O–H groups in total. The van der Waals surface area contributed by atoms with E-state index in [1.807, 2.05) is 12.1 Å². The number of benzene rings is 1. The fourth-order valence-electron chi connectivity index (χ4n) is 3.71. The van der Waals surface area contributed by atoms with Crippen molar-refractivity contribution in [1.82, 2.24) is 25.4 Å². The van der Waals surface area contributed by atoms with Crippen molar-refractivity contribution in [2.45, 2.75) is 40.2 Å². The molecule has 3 rings (SSSR count). The maximum Gasteiger partial charge on any atom is 0.226 e. The first kappa shape index (κ1) is 26.6. The van der Waals surface area contributed by atoms with Gasteiger partial charge in [0.05, 0.1) is 6.54 Å². The van der Waals surface area contributed by atoms with Gasteiger partial charge in [-0.1, -0.05) is 24.6 Å². The third-order valence-corrected chi connectivity index (χ3v) is 5.70. The molecular weight excluding hydrogens is 515 g/mol. The molecule has 2 heterocycles. The number of aliphatic imine (C=N–C) groups is 1. The van der Waals surface area contributed by atoms with E-state index in [-0.39, 0.29) is 24.0 Å². The molecule has 7 nitrogen and oxygen atoms in total. The van der Waals surface area contributed by atoms with Gasteiger partial charge in [0.25, 0.3) is 0 Å². The Morgan fingerprint density at radius 2 is 1.75 bits per heavy atom. The van der Waals surface area contributed by atoms with Crippen LogP contribution in [-0.2, 0) is 6.54 Å². The molecule has 1 fully saturated rings. The number of halogens is 1. The van der Waals surface area contributed by atoms with Gasteiger partial charge in [0.1, 0.15) is 12.0 Å². The van der Waals surface area contributed by atoms with Crippen LogP contribution in [0, 0.1) is 6.92 Å². The van der Waals surface area contributed by atoms with Crippen LogP contribution >= 0.6 is 24.0 Å². The summed E-state index contributed by atoms with van der Waals surface area (Å²) >= 11 is 0. The number of unbranched alkanes of at least 4 members (excludes halogenated alkanes) is 1. The number of guanidine groups is 1. The highest BCUT2D eigenvalue weighted by atomic mass is 127. The number of aromatic nitrogens is 1. The van der Waals surface area contributed by atoms with Gasteiger partial charge >= 0.3 is 0 Å². The van der Waals surface area contributed by atoms with E-state index in [9.17, 15) is 0 Å². The van der Waals surface area contributed by atoms with Gasteiger partial charge in [-0.25, -0.2) is 9.98 Å². The van der Waals surface area contributed by atoms with Gasteiger partial charge in [-0.3, -0.25) is 0 Å². The number of aryl methyl sites for hydroxylation is 1. The zero-order chi connectivity index (χ0) is 21.9. The number of piperazine rings is 1. The molecular formula is C24H39IN6O. The predicted octanol–water partition coefficient (Wildman–Crippen LogP) is 3.74. The summed E-state index contributed by atoms with van der Waals surface area (Å²) in [6.45, 7) is 15.8. The Morgan fingerprint density at radius 3 is 2.44 bits per heavy atom. The van der Waals surface area contributed by atoms with E-state index in [1.54, 1.807) is 6.26 Å². The molecule has 8 heteroatoms. The quantitative estimate of drug-likeness (QED) is 0.202. The standard InChI is InChI=1S/C24H38N6O.HI/c1-4-25-24(26-12-6-7-13-30-16-14-29(5-2)15-17-30)27-18-22-19-31-23(28-22)21-10-8-20(3)9-11-21;/h8-11,19H,4-7,12-18H2,1-3H3,(H2,25,26,27);1H. The van der Waals surface area contributed by atoms with E-state index < -0.39 is 0 Å². The zero-order valence-corrected chi connectivity index (χ0v) is 22.1. The Labute approximate surface area is 210 Å². The second-order valence-electron chi connectivity index (χ2n) is 8.11. The Bertz CT molecular complexity index is 799. The molecule has 0 bridgehead atoms. The fraction of sp³-hybridized carbons (Fsp3) is 0.583. The molecule has 0 unspecified atom stereocenters. The number of oxazole rings is 1. The highest BCUT2D eigenvalue weighted by molar-refractivity contribution is 14.0. The predicted molar refractivity (Wildman–Crippen MR) is 143 cm³/mol. The molecule has 0 amide bonds. The average molecular weight is 555 g/mol. The van der Waals surface area contributed by atoms with Crippen molar-refractivity contribution in [2.24, 2.45) is 4.99 Å². The zero-order valence-electron chi connectivity index (χ0n) is 19.8. The van der Waals surface area contributed by atoms with Gasteiger partial charge in [-0.05, 0) is 51.9 Å². The summed E-state index contributed by atoms with van der Waals surface area (Å²) in [5, 5.41) is 6.76. The van der Waals surface area contributed by atoms with Gasteiger partial charge in [0.2, 0.25) is 5.89 Å². The van der Waals surface area contributed by atoms with Crippen LogP contribution < -0.4 is 10.6 Å². The van der Waals surface area contributed by atoms with Gasteiger partial charge in [0.15, 0.2) is 5.96 Å². The third kappa shape index (κ3) is 8.71. The van der Waals surface area contributed by atoms with Crippen LogP contribution in [0.5, 0.6) is 0 Å². The molecule has 178 valence electrons. The number of nitrogens with zero attached hydrogens (tertiary/aromatic N) is 4. The van der Waals surface area contributed by atoms with E-state index in [0.29, 0.717) is 12.4 Å². The number of rotatable bonds is 10. The van der Waals surface area contributed by atoms with E-state index in [4.69, 9.17) is 4.42 Å². The normalized spacial score (nSPS) is 15.4. The molecule has 0 saturated carbocycles. The summed E-state index contributed by atoms with van der Waals surface area (Å²) in [4.78, 5) is 14.4. The van der Waals surface area contributed by atoms with Gasteiger partial charge in [-0.2, -0.15) is 0 Å². The smallest absolute Gasteiger partial charge is 0.226 e. The minimum atomic E-state index is 0. The highest BCUT2D eigenvalue weighted by Gasteiger charge is 2.14. The third-order valence-electron chi connectivity index (χ3n) is 5.70. The second kappa shape index (κ2) is 14.5. The highest BCUT2D eigenvalue weighted by Crippen LogP contribution is 2.19. The molecule has 2 aromatic rings. The van der Waals surface area contributed by atoms with E-state index in [1.165, 1.54) is 51.3 Å². The molecule has 0 radical (unpaired) electrons. The van der Waals surface area contributed by atoms with Gasteiger partial charge < -0.3 is 24.9 Å². The molecule has 1 aromatic carbocycles. The Balaban J connectivity index is 0.00000363. The number of hydrogen-bond donors (Lipinski definition) is 2. The van der Waals surface area contributed by atoms with Gasteiger partial charge in [-0.15, -0.1) is 24.0 Å². The lowest BCUT2D eigenvalue weighted by molar-refractivity contribution is 0.136. The largest absolute Gasteiger partial charge is 0.444 e. The monoisotopic (exact) mass is 554 g/mol. The van der Waals surface area contributed by atoms with Crippen LogP contribution in [0.1, 0.15) is 37.9 Å². The number of hydrogen-bond acceptors (Lipinski definition) is 5. The van der Waals surface area contributed by atoms with Crippen molar-refractivity contribution in [1.29, 1.82) is 0 Å². The van der Waals surface area contributed by atoms with E-state index in [0.717, 1.165) is 36.7 Å². The summed E-state index contributed by atoms with van der Waals surface area (Å²) in [5.41, 5.74) is 3.04. The Hall–Kier alpha value is -1.65. The molecule has 0 atom stereocenters. The van der Waals surface area contributed by atoms with Crippen molar-refractivity contribution in [2.75, 3.05) is 52.4 Å². The summed E-state index contributed by atoms with van der Waals surface area (Å²) in [7, 11) is 0. The van der Waals surface area contributed by atoms with Crippen molar-refractivity contribution in [3.05, 3.63) is 41.8 Å². The van der Waals surface area contributed by atoms with Crippen molar-refractivity contribution in [3.63, 3.8) is 0 Å². The Morgan fingerprint density at radius 1 is 1.03 bits per heavy atom. The van der Waals surface area contributed by atoms with Crippen LogP contribution in [-0.4, -0.2) is 73.1 Å². The second-order valence-corrected chi connectivity index (χ2v) is 8.11. The first-order chi connectivity index (χ1) is 15.2. The Kier molecular flexibility index (Phi) is 12.0. The molecule has 1 aliphatic rings. The van der Waals surface area contributed by atoms with Crippen molar-refractivity contribution >= 4 is 29.9 Å². The van der Waals surface area contributed by atoms with Crippen LogP contribution in [0.15, 0.2) is 39.9 Å². The lowest BCUT2D eigenvalue weighted by atomic mass is 10.1. The first-order valence-electron chi connectivity index (χ1n) is 11.7. The maximum atomic E-state index is 5.64. The first-order valence-corrected chi connectivity index (χ1v) is 11.7. The number of nitrogens with one attached hydrogen (secondary N) is 2. The fourth-order valence-corrected chi connectivity index (χ4v) is 3.71. The topological polar surface area (TPSA) is 68.9 Å². The molecule has 0 aliphatic carbocycles. The SMILES string of the molecule is CCNC(=NCc1coc(-c2ccc(C)cc2)n1)NCCCCN1CCN(CC)CC1.I. The molecule has 32 heavy (non-hydrogen) atoms. The molecule has 1 saturated heterocycles. The average Bonchev–Trinajstić information content (AvgIpc) is 3.27. The minimum absolute atomic E-state index is 0. The summed E-state index contributed by atoms with van der Waals surface area (Å²) in [6.07, 6.45) is 4.04. The summed E-state index contributed by atoms with van der Waals surface area (Å²) < 4.78 is 5.64. The van der Waals surface area contributed by atoms with E-state index >= 15 is 0 Å². The maximum absolute atomic E-state index is 5.64. The molecule has 0 spiro atoms.